The van der Waals surface area contributed by atoms with Crippen LogP contribution in [0, 0.1) is 13.8 Å². The van der Waals surface area contributed by atoms with E-state index in [1.165, 1.54) is 11.8 Å². The number of carbonyl (C=O) groups excluding carboxylic acids is 1. The van der Waals surface area contributed by atoms with E-state index in [4.69, 9.17) is 9.47 Å². The number of esters is 1. The molecule has 5 rings (SSSR count). The van der Waals surface area contributed by atoms with Crippen LogP contribution >= 0.6 is 27.7 Å². The number of hydrogen-bond donors (Lipinski definition) is 1. The average Bonchev–Trinajstić information content (AvgIpc) is 3.39. The van der Waals surface area contributed by atoms with E-state index in [1.807, 2.05) is 18.2 Å². The Kier molecular flexibility index (Phi) is 7.68. The molecule has 0 saturated heterocycles. The monoisotopic (exact) mass is 602 g/mol. The summed E-state index contributed by atoms with van der Waals surface area (Å²) in [5.74, 6) is -0.0360. The molecule has 2 heterocycles. The third-order valence-corrected chi connectivity index (χ3v) is 8.23. The van der Waals surface area contributed by atoms with Crippen LogP contribution < -0.4 is 4.74 Å². The number of fused-ring (bicyclic) bond motifs is 1. The normalized spacial score (nSPS) is 15.5. The van der Waals surface area contributed by atoms with Gasteiger partial charge in [0.25, 0.3) is 0 Å². The van der Waals surface area contributed by atoms with Crippen molar-refractivity contribution in [3.8, 4) is 11.4 Å². The summed E-state index contributed by atoms with van der Waals surface area (Å²) in [7, 11) is 1.60. The first-order valence-electron chi connectivity index (χ1n) is 12.4. The van der Waals surface area contributed by atoms with Crippen molar-refractivity contribution < 1.29 is 19.4 Å². The molecule has 0 radical (unpaired) electrons. The lowest BCUT2D eigenvalue weighted by Crippen LogP contribution is -2.12. The van der Waals surface area contributed by atoms with Gasteiger partial charge < -0.3 is 19.1 Å². The zero-order chi connectivity index (χ0) is 27.7. The standard InChI is InChI=1S/C31H27BrN2O4S/c1-5-38-31(36)28-29(35)27(39-30(28)33-21-10-12-22(37-4)13-11-21)17-20-16-18(2)34(19(20)3)26-15-14-25(32)23-8-6-7-9-24(23)26/h6-17,35H,5H2,1-4H3/b27-17-,33-30?. The van der Waals surface area contributed by atoms with E-state index in [1.54, 1.807) is 38.3 Å². The second-order valence-electron chi connectivity index (χ2n) is 8.94. The Morgan fingerprint density at radius 2 is 1.79 bits per heavy atom. The van der Waals surface area contributed by atoms with Gasteiger partial charge in [-0.15, -0.1) is 0 Å². The lowest BCUT2D eigenvalue weighted by molar-refractivity contribution is -0.138. The van der Waals surface area contributed by atoms with Crippen LogP contribution in [-0.4, -0.2) is 34.4 Å². The van der Waals surface area contributed by atoms with Crippen molar-refractivity contribution in [2.45, 2.75) is 20.8 Å². The molecule has 1 aliphatic heterocycles. The molecule has 0 atom stereocenters. The fourth-order valence-electron chi connectivity index (χ4n) is 4.65. The molecule has 1 aliphatic rings. The van der Waals surface area contributed by atoms with E-state index < -0.39 is 5.97 Å². The summed E-state index contributed by atoms with van der Waals surface area (Å²) in [6, 6.07) is 21.7. The number of rotatable bonds is 6. The van der Waals surface area contributed by atoms with Crippen molar-refractivity contribution >= 4 is 61.2 Å². The highest BCUT2D eigenvalue weighted by Gasteiger charge is 2.33. The number of aliphatic hydroxyl groups excluding tert-OH is 1. The highest BCUT2D eigenvalue weighted by molar-refractivity contribution is 9.10. The quantitative estimate of drug-likeness (QED) is 0.225. The van der Waals surface area contributed by atoms with Crippen molar-refractivity contribution in [1.29, 1.82) is 0 Å². The summed E-state index contributed by atoms with van der Waals surface area (Å²) >= 11 is 4.91. The first kappa shape index (κ1) is 26.8. The molecule has 8 heteroatoms. The van der Waals surface area contributed by atoms with Crippen molar-refractivity contribution in [1.82, 2.24) is 4.57 Å². The van der Waals surface area contributed by atoms with Gasteiger partial charge in [0.1, 0.15) is 22.1 Å². The van der Waals surface area contributed by atoms with Crippen LogP contribution in [0.5, 0.6) is 5.75 Å². The van der Waals surface area contributed by atoms with Gasteiger partial charge in [0.15, 0.2) is 0 Å². The predicted molar refractivity (Wildman–Crippen MR) is 162 cm³/mol. The van der Waals surface area contributed by atoms with Crippen molar-refractivity contribution in [2.24, 2.45) is 4.99 Å². The zero-order valence-electron chi connectivity index (χ0n) is 22.0. The number of aliphatic imine (C=N–C) groups is 1. The number of methoxy groups -OCH3 is 1. The molecule has 3 aromatic carbocycles. The van der Waals surface area contributed by atoms with Crippen molar-refractivity contribution in [3.05, 3.63) is 104 Å². The van der Waals surface area contributed by atoms with E-state index in [9.17, 15) is 9.90 Å². The van der Waals surface area contributed by atoms with E-state index in [0.717, 1.165) is 37.9 Å². The van der Waals surface area contributed by atoms with Gasteiger partial charge in [-0.25, -0.2) is 9.79 Å². The number of ether oxygens (including phenoxy) is 2. The Balaban J connectivity index is 1.58. The Morgan fingerprint density at radius 1 is 1.08 bits per heavy atom. The van der Waals surface area contributed by atoms with Crippen LogP contribution in [0.15, 0.2) is 92.4 Å². The minimum Gasteiger partial charge on any atom is -0.506 e. The number of halogens is 1. The second kappa shape index (κ2) is 11.2. The maximum Gasteiger partial charge on any atom is 0.344 e. The van der Waals surface area contributed by atoms with Crippen LogP contribution in [-0.2, 0) is 9.53 Å². The molecule has 1 N–H and O–H groups in total. The summed E-state index contributed by atoms with van der Waals surface area (Å²) in [6.45, 7) is 6.03. The number of benzene rings is 3. The molecule has 1 aromatic heterocycles. The number of hydrogen-bond acceptors (Lipinski definition) is 6. The van der Waals surface area contributed by atoms with Gasteiger partial charge in [0, 0.05) is 21.2 Å². The molecule has 198 valence electrons. The van der Waals surface area contributed by atoms with Crippen molar-refractivity contribution in [3.63, 3.8) is 0 Å². The highest BCUT2D eigenvalue weighted by Crippen LogP contribution is 2.41. The van der Waals surface area contributed by atoms with Gasteiger partial charge in [-0.3, -0.25) is 0 Å². The number of thioether (sulfide) groups is 1. The number of aliphatic hydroxyl groups is 1. The van der Waals surface area contributed by atoms with Crippen LogP contribution in [0.3, 0.4) is 0 Å². The SMILES string of the molecule is CCOC(=O)C1=C(O)/C(=C/c2cc(C)n(-c3ccc(Br)c4ccccc34)c2C)SC1=Nc1ccc(OC)cc1. The van der Waals surface area contributed by atoms with Gasteiger partial charge in [-0.05, 0) is 80.3 Å². The van der Waals surface area contributed by atoms with Gasteiger partial charge in [-0.1, -0.05) is 52.0 Å². The van der Waals surface area contributed by atoms with E-state index in [0.29, 0.717) is 21.4 Å². The minimum absolute atomic E-state index is 0.0663. The van der Waals surface area contributed by atoms with Gasteiger partial charge in [0.2, 0.25) is 0 Å². The largest absolute Gasteiger partial charge is 0.506 e. The van der Waals surface area contributed by atoms with Crippen molar-refractivity contribution in [2.75, 3.05) is 13.7 Å². The highest BCUT2D eigenvalue weighted by atomic mass is 79.9. The summed E-state index contributed by atoms with van der Waals surface area (Å²) in [5, 5.41) is 13.8. The maximum absolute atomic E-state index is 12.8. The lowest BCUT2D eigenvalue weighted by Gasteiger charge is -2.14. The van der Waals surface area contributed by atoms with E-state index in [2.05, 4.69) is 69.7 Å². The summed E-state index contributed by atoms with van der Waals surface area (Å²) in [4.78, 5) is 18.0. The van der Waals surface area contributed by atoms with Gasteiger partial charge in [-0.2, -0.15) is 0 Å². The summed E-state index contributed by atoms with van der Waals surface area (Å²) < 4.78 is 13.7. The first-order valence-corrected chi connectivity index (χ1v) is 14.0. The molecule has 0 aliphatic carbocycles. The molecular weight excluding hydrogens is 576 g/mol. The average molecular weight is 604 g/mol. The molecule has 0 bridgehead atoms. The maximum atomic E-state index is 12.8. The summed E-state index contributed by atoms with van der Waals surface area (Å²) in [5.41, 5.74) is 4.77. The third-order valence-electron chi connectivity index (χ3n) is 6.52. The smallest absolute Gasteiger partial charge is 0.344 e. The Labute approximate surface area is 239 Å². The number of aryl methyl sites for hydroxylation is 1. The van der Waals surface area contributed by atoms with E-state index in [-0.39, 0.29) is 17.9 Å². The van der Waals surface area contributed by atoms with Crippen LogP contribution in [0.2, 0.25) is 0 Å². The van der Waals surface area contributed by atoms with Crippen LogP contribution in [0.4, 0.5) is 5.69 Å². The Bertz CT molecular complexity index is 1680. The molecule has 6 nitrogen and oxygen atoms in total. The van der Waals surface area contributed by atoms with E-state index >= 15 is 0 Å². The van der Waals surface area contributed by atoms with Gasteiger partial charge in [0.05, 0.1) is 30.0 Å². The third kappa shape index (κ3) is 5.14. The zero-order valence-corrected chi connectivity index (χ0v) is 24.4. The van der Waals surface area contributed by atoms with Gasteiger partial charge >= 0.3 is 5.97 Å². The molecule has 0 spiro atoms. The number of nitrogens with zero attached hydrogens (tertiary/aromatic N) is 2. The predicted octanol–water partition coefficient (Wildman–Crippen LogP) is 8.21. The molecule has 0 unspecified atom stereocenters. The topological polar surface area (TPSA) is 73.0 Å². The minimum atomic E-state index is -0.607. The fraction of sp³-hybridized carbons (Fsp3) is 0.161. The first-order chi connectivity index (χ1) is 18.8. The lowest BCUT2D eigenvalue weighted by atomic mass is 10.1. The molecular formula is C31H27BrN2O4S. The van der Waals surface area contributed by atoms with Crippen LogP contribution in [0.1, 0.15) is 23.9 Å². The molecule has 0 fully saturated rings. The summed E-state index contributed by atoms with van der Waals surface area (Å²) in [6.07, 6.45) is 1.90. The second-order valence-corrected chi connectivity index (χ2v) is 10.8. The van der Waals surface area contributed by atoms with Crippen LogP contribution in [0.25, 0.3) is 22.5 Å². The molecule has 0 saturated carbocycles. The Hall–Kier alpha value is -3.75. The molecule has 0 amide bonds. The Morgan fingerprint density at radius 3 is 2.49 bits per heavy atom. The number of carbonyl (C=O) groups is 1. The number of aromatic nitrogens is 1. The molecule has 39 heavy (non-hydrogen) atoms. The fourth-order valence-corrected chi connectivity index (χ4v) is 6.16. The molecule has 4 aromatic rings.